The molecule has 59 heavy (non-hydrogen) atoms. The van der Waals surface area contributed by atoms with Gasteiger partial charge in [-0.15, -0.1) is 11.8 Å². The Morgan fingerprint density at radius 2 is 1.63 bits per heavy atom. The third-order valence-corrected chi connectivity index (χ3v) is 10.7. The van der Waals surface area contributed by atoms with E-state index in [2.05, 4.69) is 10.6 Å². The molecule has 2 unspecified atom stereocenters. The molecule has 0 radical (unpaired) electrons. The number of carboxylic acids is 1. The maximum atomic E-state index is 15.2. The molecule has 0 aliphatic carbocycles. The van der Waals surface area contributed by atoms with E-state index in [1.54, 1.807) is 0 Å². The summed E-state index contributed by atoms with van der Waals surface area (Å²) in [6.07, 6.45) is 2.65. The van der Waals surface area contributed by atoms with Gasteiger partial charge in [-0.2, -0.15) is 0 Å². The number of thioether (sulfide) groups is 1. The average molecular weight is 846 g/mol. The van der Waals surface area contributed by atoms with Gasteiger partial charge in [0.05, 0.1) is 64.6 Å². The van der Waals surface area contributed by atoms with Crippen LogP contribution in [0.5, 0.6) is 0 Å². The number of rotatable bonds is 27. The van der Waals surface area contributed by atoms with Crippen molar-refractivity contribution in [3.8, 4) is 11.1 Å². The van der Waals surface area contributed by atoms with Crippen molar-refractivity contribution in [2.24, 2.45) is 17.1 Å². The molecule has 1 aliphatic heterocycles. The molecule has 1 fully saturated rings. The fourth-order valence-electron chi connectivity index (χ4n) is 6.91. The van der Waals surface area contributed by atoms with Gasteiger partial charge in [-0.25, -0.2) is 13.6 Å². The van der Waals surface area contributed by atoms with E-state index in [4.69, 9.17) is 24.7 Å². The molecule has 2 amide bonds. The van der Waals surface area contributed by atoms with Crippen LogP contribution >= 0.6 is 11.8 Å². The molecule has 13 nitrogen and oxygen atoms in total. The number of carboxylic acid groups (broad SMARTS) is 1. The van der Waals surface area contributed by atoms with Gasteiger partial charge in [0.25, 0.3) is 0 Å². The Kier molecular flexibility index (Phi) is 20.3. The number of aromatic nitrogens is 1. The monoisotopic (exact) mass is 845 g/mol. The second-order valence-electron chi connectivity index (χ2n) is 15.5. The number of nitrogens with two attached hydrogens (primary N) is 1. The minimum Gasteiger partial charge on any atom is -0.480 e. The van der Waals surface area contributed by atoms with E-state index >= 15 is 4.39 Å². The number of ether oxygens (including phenoxy) is 4. The average Bonchev–Trinajstić information content (AvgIpc) is 3.87. The van der Waals surface area contributed by atoms with Crippen LogP contribution in [0.3, 0.4) is 0 Å². The SMILES string of the molecule is CC(C)(C)[C@H](c1cc(-c2cc(F)ccc2F)cn1Cc1ccccc1)N(CC1CCNC1)C(=O)CSCC(NC(=O)CCOCCOCCOCCOCCN)C(=O)O. The molecule has 0 spiro atoms. The van der Waals surface area contributed by atoms with Crippen molar-refractivity contribution in [3.05, 3.63) is 83.7 Å². The van der Waals surface area contributed by atoms with Gasteiger partial charge in [0.2, 0.25) is 11.8 Å². The van der Waals surface area contributed by atoms with Gasteiger partial charge in [0, 0.05) is 54.8 Å². The van der Waals surface area contributed by atoms with Gasteiger partial charge >= 0.3 is 5.97 Å². The quantitative estimate of drug-likeness (QED) is 0.0785. The Bertz CT molecular complexity index is 1740. The molecule has 326 valence electrons. The van der Waals surface area contributed by atoms with Gasteiger partial charge in [0.1, 0.15) is 17.7 Å². The van der Waals surface area contributed by atoms with Crippen LogP contribution in [-0.2, 0) is 39.9 Å². The summed E-state index contributed by atoms with van der Waals surface area (Å²) in [6.45, 7) is 11.9. The van der Waals surface area contributed by atoms with Gasteiger partial charge < -0.3 is 49.9 Å². The highest BCUT2D eigenvalue weighted by molar-refractivity contribution is 8.00. The molecular formula is C43H61F2N5O8S. The minimum atomic E-state index is -1.22. The number of nitrogens with zero attached hydrogens (tertiary/aromatic N) is 2. The highest BCUT2D eigenvalue weighted by Gasteiger charge is 2.39. The van der Waals surface area contributed by atoms with Gasteiger partial charge in [0.15, 0.2) is 0 Å². The van der Waals surface area contributed by atoms with Crippen LogP contribution in [-0.4, -0.2) is 129 Å². The largest absolute Gasteiger partial charge is 0.480 e. The molecule has 2 aromatic carbocycles. The molecule has 2 heterocycles. The third kappa shape index (κ3) is 16.2. The number of halogens is 2. The van der Waals surface area contributed by atoms with Gasteiger partial charge in [-0.05, 0) is 60.7 Å². The van der Waals surface area contributed by atoms with E-state index in [0.717, 1.165) is 54.7 Å². The second kappa shape index (κ2) is 25.0. The van der Waals surface area contributed by atoms with Crippen LogP contribution in [0, 0.1) is 23.0 Å². The lowest BCUT2D eigenvalue weighted by Crippen LogP contribution is -2.46. The third-order valence-electron chi connectivity index (χ3n) is 9.71. The molecular weight excluding hydrogens is 785 g/mol. The molecule has 16 heteroatoms. The number of benzene rings is 2. The number of aliphatic carboxylic acids is 1. The lowest BCUT2D eigenvalue weighted by atomic mass is 9.82. The van der Waals surface area contributed by atoms with Crippen molar-refractivity contribution in [1.29, 1.82) is 0 Å². The number of hydrogen-bond acceptors (Lipinski definition) is 10. The van der Waals surface area contributed by atoms with Crippen molar-refractivity contribution in [3.63, 3.8) is 0 Å². The summed E-state index contributed by atoms with van der Waals surface area (Å²) in [6, 6.07) is 13.3. The zero-order valence-electron chi connectivity index (χ0n) is 34.5. The van der Waals surface area contributed by atoms with E-state index < -0.39 is 41.0 Å². The number of carbonyl (C=O) groups excluding carboxylic acids is 2. The van der Waals surface area contributed by atoms with E-state index in [1.807, 2.05) is 72.8 Å². The standard InChI is InChI=1S/C43H61F2N5O8S/c1-43(2,3)41(38-23-33(35-24-34(44)9-10-36(35)45)28-49(38)26-31-7-5-4-6-8-31)50(27-32-11-14-47-25-32)40(52)30-59-29-37(42(53)54)48-39(51)12-15-55-17-19-57-21-22-58-20-18-56-16-13-46/h4-10,23-24,28,32,37,41,47H,11-22,25-27,29-30,46H2,1-3H3,(H,48,51)(H,53,54)/t32?,37?,41-/m0/s1. The predicted octanol–water partition coefficient (Wildman–Crippen LogP) is 4.72. The summed E-state index contributed by atoms with van der Waals surface area (Å²) < 4.78 is 53.2. The Morgan fingerprint density at radius 1 is 0.966 bits per heavy atom. The summed E-state index contributed by atoms with van der Waals surface area (Å²) in [4.78, 5) is 41.2. The van der Waals surface area contributed by atoms with E-state index in [9.17, 15) is 23.9 Å². The Labute approximate surface area is 350 Å². The van der Waals surface area contributed by atoms with Crippen LogP contribution in [0.25, 0.3) is 11.1 Å². The van der Waals surface area contributed by atoms with Crippen LogP contribution in [0.2, 0.25) is 0 Å². The van der Waals surface area contributed by atoms with E-state index in [1.165, 1.54) is 6.07 Å². The molecule has 3 aromatic rings. The zero-order chi connectivity index (χ0) is 42.6. The first-order valence-electron chi connectivity index (χ1n) is 20.2. The summed E-state index contributed by atoms with van der Waals surface area (Å²) in [5, 5.41) is 15.9. The number of amides is 2. The fourth-order valence-corrected chi connectivity index (χ4v) is 7.83. The second-order valence-corrected chi connectivity index (χ2v) is 16.6. The normalized spacial score (nSPS) is 15.3. The van der Waals surface area contributed by atoms with Crippen LogP contribution < -0.4 is 16.4 Å². The van der Waals surface area contributed by atoms with Crippen molar-refractivity contribution in [2.75, 3.05) is 90.5 Å². The Balaban J connectivity index is 1.40. The molecule has 3 atom stereocenters. The first kappa shape index (κ1) is 47.8. The van der Waals surface area contributed by atoms with Crippen molar-refractivity contribution in [2.45, 2.75) is 52.2 Å². The van der Waals surface area contributed by atoms with Gasteiger partial charge in [-0.1, -0.05) is 51.1 Å². The highest BCUT2D eigenvalue weighted by atomic mass is 32.2. The lowest BCUT2D eigenvalue weighted by Gasteiger charge is -2.42. The van der Waals surface area contributed by atoms with Crippen molar-refractivity contribution in [1.82, 2.24) is 20.1 Å². The van der Waals surface area contributed by atoms with Crippen molar-refractivity contribution < 1.29 is 47.2 Å². The van der Waals surface area contributed by atoms with Crippen LogP contribution in [0.1, 0.15) is 50.9 Å². The summed E-state index contributed by atoms with van der Waals surface area (Å²) in [7, 11) is 0. The summed E-state index contributed by atoms with van der Waals surface area (Å²) >= 11 is 1.14. The predicted molar refractivity (Wildman–Crippen MR) is 224 cm³/mol. The smallest absolute Gasteiger partial charge is 0.327 e. The maximum absolute atomic E-state index is 15.2. The molecule has 1 aromatic heterocycles. The molecule has 1 aliphatic rings. The first-order chi connectivity index (χ1) is 28.4. The molecule has 0 bridgehead atoms. The van der Waals surface area contributed by atoms with Crippen molar-refractivity contribution >= 4 is 29.5 Å². The highest BCUT2D eigenvalue weighted by Crippen LogP contribution is 2.42. The van der Waals surface area contributed by atoms with Crippen LogP contribution in [0.15, 0.2) is 60.8 Å². The molecule has 4 rings (SSSR count). The number of nitrogens with one attached hydrogen (secondary N) is 2. The molecule has 1 saturated heterocycles. The maximum Gasteiger partial charge on any atom is 0.327 e. The Hall–Kier alpha value is -3.90. The number of hydrogen-bond donors (Lipinski definition) is 4. The zero-order valence-corrected chi connectivity index (χ0v) is 35.3. The molecule has 5 N–H and O–H groups in total. The Morgan fingerprint density at radius 3 is 2.24 bits per heavy atom. The summed E-state index contributed by atoms with van der Waals surface area (Å²) in [5.41, 5.74) is 7.23. The first-order valence-corrected chi connectivity index (χ1v) is 21.3. The van der Waals surface area contributed by atoms with E-state index in [-0.39, 0.29) is 48.5 Å². The molecule has 0 saturated carbocycles. The number of carbonyl (C=O) groups is 3. The van der Waals surface area contributed by atoms with Gasteiger partial charge in [-0.3, -0.25) is 9.59 Å². The van der Waals surface area contributed by atoms with E-state index in [0.29, 0.717) is 64.8 Å². The fraction of sp³-hybridized carbons (Fsp3) is 0.558. The van der Waals surface area contributed by atoms with Crippen LogP contribution in [0.4, 0.5) is 8.78 Å². The summed E-state index contributed by atoms with van der Waals surface area (Å²) in [5.74, 6) is -2.89. The topological polar surface area (TPSA) is 167 Å². The lowest BCUT2D eigenvalue weighted by molar-refractivity contribution is -0.141. The minimum absolute atomic E-state index is 0.0326.